The molecular formula is C21H32N2O3. The normalized spacial score (nSPS) is 17.9. The molecule has 0 aromatic heterocycles. The van der Waals surface area contributed by atoms with Crippen molar-refractivity contribution in [2.45, 2.75) is 52.6 Å². The van der Waals surface area contributed by atoms with E-state index in [9.17, 15) is 9.59 Å². The molecule has 1 aromatic carbocycles. The smallest absolute Gasteiger partial charge is 0.410 e. The second-order valence-electron chi connectivity index (χ2n) is 7.99. The first-order valence-electron chi connectivity index (χ1n) is 9.58. The summed E-state index contributed by atoms with van der Waals surface area (Å²) in [5.74, 6) is 0.403. The van der Waals surface area contributed by atoms with E-state index < -0.39 is 5.60 Å². The van der Waals surface area contributed by atoms with E-state index in [-0.39, 0.29) is 17.9 Å². The average molecular weight is 360 g/mol. The molecule has 1 saturated heterocycles. The van der Waals surface area contributed by atoms with Crippen LogP contribution in [0.3, 0.4) is 0 Å². The first kappa shape index (κ1) is 20.3. The maximum Gasteiger partial charge on any atom is 0.410 e. The Morgan fingerprint density at radius 3 is 2.54 bits per heavy atom. The summed E-state index contributed by atoms with van der Waals surface area (Å²) in [6.45, 7) is 10.3. The van der Waals surface area contributed by atoms with Crippen LogP contribution in [0.2, 0.25) is 0 Å². The molecule has 1 atom stereocenters. The van der Waals surface area contributed by atoms with Crippen molar-refractivity contribution in [2.24, 2.45) is 5.92 Å². The van der Waals surface area contributed by atoms with Crippen LogP contribution in [0.25, 0.3) is 0 Å². The van der Waals surface area contributed by atoms with Crippen LogP contribution in [0.15, 0.2) is 30.3 Å². The van der Waals surface area contributed by atoms with Crippen molar-refractivity contribution in [1.29, 1.82) is 0 Å². The highest BCUT2D eigenvalue weighted by atomic mass is 16.6. The second-order valence-corrected chi connectivity index (χ2v) is 7.99. The number of benzene rings is 1. The minimum atomic E-state index is -0.499. The molecule has 0 radical (unpaired) electrons. The van der Waals surface area contributed by atoms with Crippen molar-refractivity contribution in [3.63, 3.8) is 0 Å². The molecule has 0 saturated carbocycles. The lowest BCUT2D eigenvalue weighted by atomic mass is 9.95. The van der Waals surface area contributed by atoms with Crippen LogP contribution in [0.4, 0.5) is 4.79 Å². The molecule has 0 spiro atoms. The van der Waals surface area contributed by atoms with E-state index in [0.717, 1.165) is 25.9 Å². The number of piperidine rings is 1. The molecule has 5 heteroatoms. The molecule has 0 N–H and O–H groups in total. The summed E-state index contributed by atoms with van der Waals surface area (Å²) in [7, 11) is 0. The third-order valence-corrected chi connectivity index (χ3v) is 4.65. The summed E-state index contributed by atoms with van der Waals surface area (Å²) in [4.78, 5) is 28.4. The van der Waals surface area contributed by atoms with Gasteiger partial charge in [-0.1, -0.05) is 30.3 Å². The summed E-state index contributed by atoms with van der Waals surface area (Å²) in [5, 5.41) is 0. The van der Waals surface area contributed by atoms with Crippen molar-refractivity contribution in [2.75, 3.05) is 26.2 Å². The van der Waals surface area contributed by atoms with Gasteiger partial charge in [-0.25, -0.2) is 4.79 Å². The van der Waals surface area contributed by atoms with E-state index in [1.165, 1.54) is 5.56 Å². The third-order valence-electron chi connectivity index (χ3n) is 4.65. The van der Waals surface area contributed by atoms with E-state index in [0.29, 0.717) is 19.5 Å². The predicted molar refractivity (Wildman–Crippen MR) is 103 cm³/mol. The number of carbonyl (C=O) groups is 2. The van der Waals surface area contributed by atoms with Gasteiger partial charge in [-0.2, -0.15) is 0 Å². The van der Waals surface area contributed by atoms with Crippen LogP contribution < -0.4 is 0 Å². The summed E-state index contributed by atoms with van der Waals surface area (Å²) >= 11 is 0. The van der Waals surface area contributed by atoms with Gasteiger partial charge in [0.15, 0.2) is 0 Å². The lowest BCUT2D eigenvalue weighted by Crippen LogP contribution is -2.45. The Bertz CT molecular complexity index is 595. The Kier molecular flexibility index (Phi) is 7.06. The van der Waals surface area contributed by atoms with Crippen LogP contribution in [0.5, 0.6) is 0 Å². The van der Waals surface area contributed by atoms with Gasteiger partial charge in [0.25, 0.3) is 0 Å². The lowest BCUT2D eigenvalue weighted by Gasteiger charge is -2.35. The highest BCUT2D eigenvalue weighted by Gasteiger charge is 2.29. The molecule has 1 aromatic rings. The van der Waals surface area contributed by atoms with Gasteiger partial charge < -0.3 is 14.5 Å². The number of amides is 2. The van der Waals surface area contributed by atoms with Crippen molar-refractivity contribution < 1.29 is 14.3 Å². The number of ether oxygens (including phenoxy) is 1. The fourth-order valence-electron chi connectivity index (χ4n) is 3.21. The van der Waals surface area contributed by atoms with E-state index in [2.05, 4.69) is 12.1 Å². The molecule has 1 aliphatic rings. The minimum absolute atomic E-state index is 0.192. The van der Waals surface area contributed by atoms with E-state index >= 15 is 0 Å². The van der Waals surface area contributed by atoms with Gasteiger partial charge in [-0.15, -0.1) is 0 Å². The molecule has 0 aliphatic carbocycles. The summed E-state index contributed by atoms with van der Waals surface area (Å²) in [6.07, 6.45) is 2.03. The predicted octanol–water partition coefficient (Wildman–Crippen LogP) is 3.72. The molecule has 5 nitrogen and oxygen atoms in total. The molecule has 1 heterocycles. The molecule has 26 heavy (non-hydrogen) atoms. The van der Waals surface area contributed by atoms with E-state index in [4.69, 9.17) is 4.74 Å². The number of rotatable bonds is 6. The zero-order valence-corrected chi connectivity index (χ0v) is 16.5. The SMILES string of the molecule is CCN(CC1CCN(CCc2ccccc2)C(=O)C1)C(=O)OC(C)(C)C. The number of hydrogen-bond acceptors (Lipinski definition) is 3. The molecule has 1 aliphatic heterocycles. The highest BCUT2D eigenvalue weighted by Crippen LogP contribution is 2.21. The maximum atomic E-state index is 12.5. The third kappa shape index (κ3) is 6.36. The van der Waals surface area contributed by atoms with Gasteiger partial charge in [0.05, 0.1) is 0 Å². The fraction of sp³-hybridized carbons (Fsp3) is 0.619. The Morgan fingerprint density at radius 1 is 1.27 bits per heavy atom. The van der Waals surface area contributed by atoms with Crippen LogP contribution in [-0.2, 0) is 16.0 Å². The first-order chi connectivity index (χ1) is 12.3. The van der Waals surface area contributed by atoms with Crippen LogP contribution in [0.1, 0.15) is 46.1 Å². The summed E-state index contributed by atoms with van der Waals surface area (Å²) in [6, 6.07) is 10.2. The van der Waals surface area contributed by atoms with Crippen LogP contribution >= 0.6 is 0 Å². The monoisotopic (exact) mass is 360 g/mol. The quantitative estimate of drug-likeness (QED) is 0.777. The zero-order chi connectivity index (χ0) is 19.2. The van der Waals surface area contributed by atoms with Crippen molar-refractivity contribution in [3.8, 4) is 0 Å². The Balaban J connectivity index is 1.81. The second kappa shape index (κ2) is 9.06. The minimum Gasteiger partial charge on any atom is -0.444 e. The first-order valence-corrected chi connectivity index (χ1v) is 9.58. The molecule has 2 rings (SSSR count). The van der Waals surface area contributed by atoms with Gasteiger partial charge in [-0.05, 0) is 52.0 Å². The molecule has 0 bridgehead atoms. The Morgan fingerprint density at radius 2 is 1.96 bits per heavy atom. The highest BCUT2D eigenvalue weighted by molar-refractivity contribution is 5.77. The maximum absolute atomic E-state index is 12.5. The molecule has 1 fully saturated rings. The number of hydrogen-bond donors (Lipinski definition) is 0. The molecule has 144 valence electrons. The average Bonchev–Trinajstić information content (AvgIpc) is 2.58. The molecule has 1 unspecified atom stereocenters. The number of nitrogens with zero attached hydrogens (tertiary/aromatic N) is 2. The van der Waals surface area contributed by atoms with Crippen molar-refractivity contribution in [1.82, 2.24) is 9.80 Å². The van der Waals surface area contributed by atoms with E-state index in [1.807, 2.05) is 50.8 Å². The zero-order valence-electron chi connectivity index (χ0n) is 16.5. The largest absolute Gasteiger partial charge is 0.444 e. The van der Waals surface area contributed by atoms with Gasteiger partial charge in [-0.3, -0.25) is 4.79 Å². The molecular weight excluding hydrogens is 328 g/mol. The standard InChI is InChI=1S/C21H32N2O3/c1-5-22(20(25)26-21(2,3)4)16-18-12-14-23(19(24)15-18)13-11-17-9-7-6-8-10-17/h6-10,18H,5,11-16H2,1-4H3. The summed E-state index contributed by atoms with van der Waals surface area (Å²) < 4.78 is 5.46. The Labute approximate surface area is 157 Å². The Hall–Kier alpha value is -2.04. The van der Waals surface area contributed by atoms with Crippen molar-refractivity contribution >= 4 is 12.0 Å². The topological polar surface area (TPSA) is 49.9 Å². The van der Waals surface area contributed by atoms with Crippen molar-refractivity contribution in [3.05, 3.63) is 35.9 Å². The van der Waals surface area contributed by atoms with E-state index in [1.54, 1.807) is 4.90 Å². The fourth-order valence-corrected chi connectivity index (χ4v) is 3.21. The van der Waals surface area contributed by atoms with Crippen LogP contribution in [0, 0.1) is 5.92 Å². The lowest BCUT2D eigenvalue weighted by molar-refractivity contribution is -0.135. The molecule has 2 amide bonds. The van der Waals surface area contributed by atoms with Gasteiger partial charge >= 0.3 is 6.09 Å². The van der Waals surface area contributed by atoms with Gasteiger partial charge in [0.2, 0.25) is 5.91 Å². The summed E-state index contributed by atoms with van der Waals surface area (Å²) in [5.41, 5.74) is 0.755. The van der Waals surface area contributed by atoms with Crippen LogP contribution in [-0.4, -0.2) is 53.6 Å². The number of carbonyl (C=O) groups excluding carboxylic acids is 2. The number of likely N-dealkylation sites (tertiary alicyclic amines) is 1. The van der Waals surface area contributed by atoms with Gasteiger partial charge in [0.1, 0.15) is 5.60 Å². The van der Waals surface area contributed by atoms with Gasteiger partial charge in [0, 0.05) is 32.6 Å².